The van der Waals surface area contributed by atoms with Crippen molar-refractivity contribution in [2.45, 2.75) is 38.6 Å². The molecule has 0 aliphatic carbocycles. The van der Waals surface area contributed by atoms with Crippen LogP contribution < -0.4 is 14.2 Å². The molecule has 1 aliphatic heterocycles. The Morgan fingerprint density at radius 2 is 1.81 bits per heavy atom. The summed E-state index contributed by atoms with van der Waals surface area (Å²) in [7, 11) is 3.45. The van der Waals surface area contributed by atoms with Gasteiger partial charge < -0.3 is 19.3 Å². The average Bonchev–Trinajstić information content (AvgIpc) is 2.84. The fraction of sp³-hybridized carbons (Fsp3) is 0.556. The SMILES string of the molecule is COc1cc(CN(C)CC(O)COc2cc(C(F)(F)F)ccc2Br)ccc1OCCN1CCC(C)CC1. The molecule has 10 heteroatoms. The van der Waals surface area contributed by atoms with E-state index in [1.54, 1.807) is 7.11 Å². The predicted molar refractivity (Wildman–Crippen MR) is 140 cm³/mol. The molecule has 2 aromatic carbocycles. The first-order valence-corrected chi connectivity index (χ1v) is 13.2. The fourth-order valence-corrected chi connectivity index (χ4v) is 4.63. The van der Waals surface area contributed by atoms with Crippen LogP contribution in [-0.4, -0.2) is 74.6 Å². The van der Waals surface area contributed by atoms with Crippen molar-refractivity contribution in [1.82, 2.24) is 9.80 Å². The third-order valence-corrected chi connectivity index (χ3v) is 7.09. The van der Waals surface area contributed by atoms with E-state index >= 15 is 0 Å². The standard InChI is InChI=1S/C27H36BrF3N2O4/c1-19-8-10-33(11-9-19)12-13-36-24-7-4-20(14-26(24)35-3)16-32(2)17-22(34)18-37-25-15-21(27(29,30)31)5-6-23(25)28/h4-7,14-15,19,22,34H,8-13,16-18H2,1-3H3. The molecule has 1 N–H and O–H groups in total. The van der Waals surface area contributed by atoms with E-state index in [-0.39, 0.29) is 18.9 Å². The normalized spacial score (nSPS) is 16.1. The maximum atomic E-state index is 13.0. The van der Waals surface area contributed by atoms with E-state index in [0.717, 1.165) is 43.2 Å². The molecule has 1 heterocycles. The van der Waals surface area contributed by atoms with Crippen molar-refractivity contribution in [3.8, 4) is 17.2 Å². The molecule has 1 fully saturated rings. The second kappa shape index (κ2) is 13.7. The van der Waals surface area contributed by atoms with Gasteiger partial charge in [0.2, 0.25) is 0 Å². The van der Waals surface area contributed by atoms with Gasteiger partial charge in [-0.3, -0.25) is 9.80 Å². The third-order valence-electron chi connectivity index (χ3n) is 6.43. The molecule has 3 rings (SSSR count). The summed E-state index contributed by atoms with van der Waals surface area (Å²) in [5.74, 6) is 2.18. The van der Waals surface area contributed by atoms with Gasteiger partial charge in [0.15, 0.2) is 11.5 Å². The number of ether oxygens (including phenoxy) is 3. The highest BCUT2D eigenvalue weighted by atomic mass is 79.9. The lowest BCUT2D eigenvalue weighted by Crippen LogP contribution is -2.35. The Balaban J connectivity index is 1.46. The van der Waals surface area contributed by atoms with Gasteiger partial charge in [0.1, 0.15) is 25.1 Å². The van der Waals surface area contributed by atoms with E-state index in [2.05, 4.69) is 27.8 Å². The quantitative estimate of drug-likeness (QED) is 0.355. The molecule has 206 valence electrons. The number of aliphatic hydroxyl groups is 1. The van der Waals surface area contributed by atoms with Crippen molar-refractivity contribution in [3.63, 3.8) is 0 Å². The Morgan fingerprint density at radius 3 is 2.49 bits per heavy atom. The van der Waals surface area contributed by atoms with Crippen LogP contribution in [0.25, 0.3) is 0 Å². The van der Waals surface area contributed by atoms with Crippen molar-refractivity contribution < 1.29 is 32.5 Å². The van der Waals surface area contributed by atoms with Crippen LogP contribution >= 0.6 is 15.9 Å². The van der Waals surface area contributed by atoms with Crippen LogP contribution in [-0.2, 0) is 12.7 Å². The van der Waals surface area contributed by atoms with Gasteiger partial charge in [0.05, 0.1) is 17.1 Å². The molecule has 1 aliphatic rings. The van der Waals surface area contributed by atoms with Crippen LogP contribution in [0, 0.1) is 5.92 Å². The molecule has 1 saturated heterocycles. The molecule has 0 saturated carbocycles. The van der Waals surface area contributed by atoms with Crippen molar-refractivity contribution in [2.75, 3.05) is 53.6 Å². The zero-order valence-electron chi connectivity index (χ0n) is 21.6. The molecule has 2 aromatic rings. The van der Waals surface area contributed by atoms with Gasteiger partial charge in [-0.15, -0.1) is 0 Å². The highest BCUT2D eigenvalue weighted by Crippen LogP contribution is 2.35. The highest BCUT2D eigenvalue weighted by molar-refractivity contribution is 9.10. The number of piperidine rings is 1. The second-order valence-electron chi connectivity index (χ2n) is 9.66. The minimum Gasteiger partial charge on any atom is -0.493 e. The van der Waals surface area contributed by atoms with Crippen molar-refractivity contribution in [3.05, 3.63) is 52.0 Å². The van der Waals surface area contributed by atoms with Crippen molar-refractivity contribution in [1.29, 1.82) is 0 Å². The van der Waals surface area contributed by atoms with Crippen LogP contribution in [0.3, 0.4) is 0 Å². The highest BCUT2D eigenvalue weighted by Gasteiger charge is 2.31. The topological polar surface area (TPSA) is 54.4 Å². The number of alkyl halides is 3. The number of hydrogen-bond donors (Lipinski definition) is 1. The minimum atomic E-state index is -4.47. The summed E-state index contributed by atoms with van der Waals surface area (Å²) in [6, 6.07) is 8.94. The smallest absolute Gasteiger partial charge is 0.416 e. The van der Waals surface area contributed by atoms with E-state index in [1.807, 2.05) is 30.1 Å². The van der Waals surface area contributed by atoms with Crippen LogP contribution in [0.15, 0.2) is 40.9 Å². The largest absolute Gasteiger partial charge is 0.493 e. The monoisotopic (exact) mass is 588 g/mol. The Kier molecular flexibility index (Phi) is 10.9. The molecule has 0 amide bonds. The van der Waals surface area contributed by atoms with Gasteiger partial charge in [-0.25, -0.2) is 0 Å². The molecule has 6 nitrogen and oxygen atoms in total. The molecule has 0 bridgehead atoms. The maximum Gasteiger partial charge on any atom is 0.416 e. The first kappa shape index (κ1) is 29.5. The second-order valence-corrected chi connectivity index (χ2v) is 10.5. The lowest BCUT2D eigenvalue weighted by atomic mass is 9.99. The summed E-state index contributed by atoms with van der Waals surface area (Å²) < 4.78 is 56.2. The fourth-order valence-electron chi connectivity index (χ4n) is 4.26. The number of halogens is 4. The van der Waals surface area contributed by atoms with Gasteiger partial charge in [-0.2, -0.15) is 13.2 Å². The summed E-state index contributed by atoms with van der Waals surface area (Å²) in [5, 5.41) is 10.4. The molecule has 0 aromatic heterocycles. The van der Waals surface area contributed by atoms with Crippen LogP contribution in [0.4, 0.5) is 13.2 Å². The summed E-state index contributed by atoms with van der Waals surface area (Å²) in [6.45, 7) is 6.67. The van der Waals surface area contributed by atoms with E-state index in [9.17, 15) is 18.3 Å². The van der Waals surface area contributed by atoms with E-state index < -0.39 is 17.8 Å². The molecule has 0 radical (unpaired) electrons. The molecule has 1 atom stereocenters. The van der Waals surface area contributed by atoms with E-state index in [0.29, 0.717) is 29.1 Å². The zero-order chi connectivity index (χ0) is 27.0. The molecule has 0 spiro atoms. The number of aliphatic hydroxyl groups excluding tert-OH is 1. The maximum absolute atomic E-state index is 13.0. The van der Waals surface area contributed by atoms with Gasteiger partial charge in [-0.05, 0) is 90.7 Å². The Hall–Kier alpha value is -2.01. The van der Waals surface area contributed by atoms with E-state index in [1.165, 1.54) is 18.9 Å². The number of likely N-dealkylation sites (tertiary alicyclic amines) is 1. The van der Waals surface area contributed by atoms with Crippen molar-refractivity contribution in [2.24, 2.45) is 5.92 Å². The van der Waals surface area contributed by atoms with Crippen LogP contribution in [0.1, 0.15) is 30.9 Å². The number of hydrogen-bond acceptors (Lipinski definition) is 6. The van der Waals surface area contributed by atoms with Gasteiger partial charge in [0.25, 0.3) is 0 Å². The molecular formula is C27H36BrF3N2O4. The lowest BCUT2D eigenvalue weighted by molar-refractivity contribution is -0.137. The third kappa shape index (κ3) is 9.35. The predicted octanol–water partition coefficient (Wildman–Crippen LogP) is 5.46. The summed E-state index contributed by atoms with van der Waals surface area (Å²) in [5.41, 5.74) is 0.172. The average molecular weight is 589 g/mol. The molecular weight excluding hydrogens is 553 g/mol. The Labute approximate surface area is 225 Å². The lowest BCUT2D eigenvalue weighted by Gasteiger charge is -2.30. The summed E-state index contributed by atoms with van der Waals surface area (Å²) in [6.07, 6.45) is -2.90. The molecule has 37 heavy (non-hydrogen) atoms. The molecule has 1 unspecified atom stereocenters. The van der Waals surface area contributed by atoms with E-state index in [4.69, 9.17) is 14.2 Å². The number of rotatable bonds is 12. The van der Waals surface area contributed by atoms with Crippen molar-refractivity contribution >= 4 is 15.9 Å². The van der Waals surface area contributed by atoms with Gasteiger partial charge in [-0.1, -0.05) is 13.0 Å². The number of nitrogens with zero attached hydrogens (tertiary/aromatic N) is 2. The Bertz CT molecular complexity index is 1000. The first-order valence-electron chi connectivity index (χ1n) is 12.4. The zero-order valence-corrected chi connectivity index (χ0v) is 23.1. The van der Waals surface area contributed by atoms with Gasteiger partial charge >= 0.3 is 6.18 Å². The number of benzene rings is 2. The number of likely N-dealkylation sites (N-methyl/N-ethyl adjacent to an activating group) is 1. The summed E-state index contributed by atoms with van der Waals surface area (Å²) in [4.78, 5) is 4.33. The first-order chi connectivity index (χ1) is 17.5. The van der Waals surface area contributed by atoms with Gasteiger partial charge in [0, 0.05) is 19.6 Å². The Morgan fingerprint density at radius 1 is 1.08 bits per heavy atom. The summed E-state index contributed by atoms with van der Waals surface area (Å²) >= 11 is 3.19. The minimum absolute atomic E-state index is 0.0340. The number of methoxy groups -OCH3 is 1. The van der Waals surface area contributed by atoms with Crippen LogP contribution in [0.5, 0.6) is 17.2 Å². The van der Waals surface area contributed by atoms with Crippen LogP contribution in [0.2, 0.25) is 0 Å².